The van der Waals surface area contributed by atoms with E-state index in [4.69, 9.17) is 11.6 Å². The SMILES string of the molecule is O=C(c1ccc[nH]1)c1cc(Cl)ccc1NC(=O)N1CCCC(O)C1. The highest BCUT2D eigenvalue weighted by molar-refractivity contribution is 6.31. The van der Waals surface area contributed by atoms with Crippen molar-refractivity contribution in [3.63, 3.8) is 0 Å². The van der Waals surface area contributed by atoms with Crippen molar-refractivity contribution in [2.24, 2.45) is 0 Å². The molecule has 0 aliphatic carbocycles. The van der Waals surface area contributed by atoms with Crippen molar-refractivity contribution < 1.29 is 14.7 Å². The van der Waals surface area contributed by atoms with E-state index in [1.54, 1.807) is 35.4 Å². The lowest BCUT2D eigenvalue weighted by Gasteiger charge is -2.30. The van der Waals surface area contributed by atoms with Crippen LogP contribution >= 0.6 is 11.6 Å². The summed E-state index contributed by atoms with van der Waals surface area (Å²) in [5.74, 6) is -0.253. The van der Waals surface area contributed by atoms with Gasteiger partial charge in [0.25, 0.3) is 0 Å². The second-order valence-corrected chi connectivity index (χ2v) is 6.21. The first-order valence-corrected chi connectivity index (χ1v) is 8.14. The Morgan fingerprint density at radius 3 is 2.88 bits per heavy atom. The van der Waals surface area contributed by atoms with E-state index in [1.807, 2.05) is 0 Å². The Bertz CT molecular complexity index is 746. The van der Waals surface area contributed by atoms with Gasteiger partial charge in [0.2, 0.25) is 5.78 Å². The number of aromatic nitrogens is 1. The number of anilines is 1. The number of urea groups is 1. The van der Waals surface area contributed by atoms with Gasteiger partial charge in [-0.3, -0.25) is 4.79 Å². The first-order valence-electron chi connectivity index (χ1n) is 7.76. The molecule has 1 aliphatic heterocycles. The molecule has 0 radical (unpaired) electrons. The largest absolute Gasteiger partial charge is 0.391 e. The fourth-order valence-corrected chi connectivity index (χ4v) is 2.94. The Kier molecular flexibility index (Phi) is 4.87. The van der Waals surface area contributed by atoms with E-state index in [-0.39, 0.29) is 11.8 Å². The number of aromatic amines is 1. The second kappa shape index (κ2) is 7.07. The molecule has 1 aromatic heterocycles. The van der Waals surface area contributed by atoms with Crippen LogP contribution in [-0.2, 0) is 0 Å². The van der Waals surface area contributed by atoms with Crippen LogP contribution in [0.2, 0.25) is 5.02 Å². The van der Waals surface area contributed by atoms with Crippen LogP contribution in [0.3, 0.4) is 0 Å². The zero-order valence-corrected chi connectivity index (χ0v) is 13.7. The standard InChI is InChI=1S/C17H18ClN3O3/c18-11-5-6-14(13(9-11)16(23)15-4-1-7-19-15)20-17(24)21-8-2-3-12(22)10-21/h1,4-7,9,12,19,22H,2-3,8,10H2,(H,20,24). The molecule has 3 N–H and O–H groups in total. The summed E-state index contributed by atoms with van der Waals surface area (Å²) in [6.07, 6.45) is 2.60. The molecular weight excluding hydrogens is 330 g/mol. The Balaban J connectivity index is 1.83. The maximum atomic E-state index is 12.6. The van der Waals surface area contributed by atoms with Crippen LogP contribution in [0, 0.1) is 0 Å². The third-order valence-electron chi connectivity index (χ3n) is 3.99. The van der Waals surface area contributed by atoms with Crippen LogP contribution in [-0.4, -0.2) is 46.0 Å². The van der Waals surface area contributed by atoms with Crippen LogP contribution in [0.5, 0.6) is 0 Å². The van der Waals surface area contributed by atoms with Crippen molar-refractivity contribution in [3.8, 4) is 0 Å². The molecule has 1 saturated heterocycles. The summed E-state index contributed by atoms with van der Waals surface area (Å²) >= 11 is 6.01. The fourth-order valence-electron chi connectivity index (χ4n) is 2.76. The minimum Gasteiger partial charge on any atom is -0.391 e. The van der Waals surface area contributed by atoms with Crippen LogP contribution in [0.1, 0.15) is 28.9 Å². The van der Waals surface area contributed by atoms with Gasteiger partial charge in [0.05, 0.1) is 17.5 Å². The molecule has 1 aliphatic rings. The fraction of sp³-hybridized carbons (Fsp3) is 0.294. The molecule has 2 amide bonds. The number of benzene rings is 1. The van der Waals surface area contributed by atoms with E-state index in [0.29, 0.717) is 41.5 Å². The molecule has 6 nitrogen and oxygen atoms in total. The Morgan fingerprint density at radius 2 is 2.17 bits per heavy atom. The molecule has 1 unspecified atom stereocenters. The summed E-state index contributed by atoms with van der Waals surface area (Å²) in [5, 5.41) is 12.9. The molecule has 1 fully saturated rings. The Hall–Kier alpha value is -2.31. The molecule has 2 heterocycles. The number of H-pyrrole nitrogens is 1. The number of ketones is 1. The number of nitrogens with one attached hydrogen (secondary N) is 2. The van der Waals surface area contributed by atoms with Crippen molar-refractivity contribution in [2.75, 3.05) is 18.4 Å². The normalized spacial score (nSPS) is 17.6. The van der Waals surface area contributed by atoms with Gasteiger partial charge in [-0.1, -0.05) is 11.6 Å². The van der Waals surface area contributed by atoms with Gasteiger partial charge in [-0.25, -0.2) is 4.79 Å². The summed E-state index contributed by atoms with van der Waals surface area (Å²) in [6.45, 7) is 0.871. The minimum absolute atomic E-state index is 0.253. The van der Waals surface area contributed by atoms with Gasteiger partial charge in [0.1, 0.15) is 0 Å². The van der Waals surface area contributed by atoms with Crippen molar-refractivity contribution in [2.45, 2.75) is 18.9 Å². The number of β-amino-alcohol motifs (C(OH)–C–C–N with tert-alkyl or cyclic N) is 1. The monoisotopic (exact) mass is 347 g/mol. The van der Waals surface area contributed by atoms with Gasteiger partial charge in [0, 0.05) is 29.9 Å². The topological polar surface area (TPSA) is 85.4 Å². The average molecular weight is 348 g/mol. The third-order valence-corrected chi connectivity index (χ3v) is 4.23. The number of nitrogens with zero attached hydrogens (tertiary/aromatic N) is 1. The quantitative estimate of drug-likeness (QED) is 0.746. The summed E-state index contributed by atoms with van der Waals surface area (Å²) in [7, 11) is 0. The predicted octanol–water partition coefficient (Wildman–Crippen LogP) is 2.89. The molecule has 1 atom stereocenters. The van der Waals surface area contributed by atoms with Crippen LogP contribution in [0.15, 0.2) is 36.5 Å². The summed E-state index contributed by atoms with van der Waals surface area (Å²) in [5.41, 5.74) is 1.13. The minimum atomic E-state index is -0.505. The molecule has 1 aromatic carbocycles. The van der Waals surface area contributed by atoms with Gasteiger partial charge in [-0.05, 0) is 43.2 Å². The van der Waals surface area contributed by atoms with Crippen LogP contribution < -0.4 is 5.32 Å². The summed E-state index contributed by atoms with van der Waals surface area (Å²) in [6, 6.07) is 7.81. The van der Waals surface area contributed by atoms with Crippen molar-refractivity contribution >= 4 is 29.1 Å². The zero-order valence-electron chi connectivity index (χ0n) is 13.0. The average Bonchev–Trinajstić information content (AvgIpc) is 3.10. The zero-order chi connectivity index (χ0) is 17.1. The number of carbonyl (C=O) groups is 2. The second-order valence-electron chi connectivity index (χ2n) is 5.78. The van der Waals surface area contributed by atoms with E-state index in [1.165, 1.54) is 6.07 Å². The highest BCUT2D eigenvalue weighted by Crippen LogP contribution is 2.24. The van der Waals surface area contributed by atoms with E-state index in [2.05, 4.69) is 10.3 Å². The van der Waals surface area contributed by atoms with Gasteiger partial charge in [-0.15, -0.1) is 0 Å². The smallest absolute Gasteiger partial charge is 0.321 e. The highest BCUT2D eigenvalue weighted by Gasteiger charge is 2.23. The number of piperidine rings is 1. The van der Waals surface area contributed by atoms with Gasteiger partial charge < -0.3 is 20.3 Å². The van der Waals surface area contributed by atoms with E-state index in [0.717, 1.165) is 6.42 Å². The van der Waals surface area contributed by atoms with E-state index in [9.17, 15) is 14.7 Å². The number of hydrogen-bond acceptors (Lipinski definition) is 3. The van der Waals surface area contributed by atoms with Crippen LogP contribution in [0.25, 0.3) is 0 Å². The molecule has 0 saturated carbocycles. The van der Waals surface area contributed by atoms with Gasteiger partial charge in [0.15, 0.2) is 0 Å². The lowest BCUT2D eigenvalue weighted by molar-refractivity contribution is 0.0883. The van der Waals surface area contributed by atoms with E-state index < -0.39 is 6.10 Å². The number of hydrogen-bond donors (Lipinski definition) is 3. The van der Waals surface area contributed by atoms with E-state index >= 15 is 0 Å². The number of likely N-dealkylation sites (tertiary alicyclic amines) is 1. The summed E-state index contributed by atoms with van der Waals surface area (Å²) < 4.78 is 0. The Labute approximate surface area is 144 Å². The lowest BCUT2D eigenvalue weighted by Crippen LogP contribution is -2.44. The third kappa shape index (κ3) is 3.60. The number of halogens is 1. The number of aliphatic hydroxyl groups excluding tert-OH is 1. The maximum absolute atomic E-state index is 12.6. The maximum Gasteiger partial charge on any atom is 0.321 e. The first kappa shape index (κ1) is 16.5. The molecule has 7 heteroatoms. The molecule has 126 valence electrons. The number of rotatable bonds is 3. The molecular formula is C17H18ClN3O3. The Morgan fingerprint density at radius 1 is 1.33 bits per heavy atom. The predicted molar refractivity (Wildman–Crippen MR) is 91.5 cm³/mol. The molecule has 0 bridgehead atoms. The molecule has 24 heavy (non-hydrogen) atoms. The van der Waals surface area contributed by atoms with Crippen molar-refractivity contribution in [1.82, 2.24) is 9.88 Å². The van der Waals surface area contributed by atoms with Crippen LogP contribution in [0.4, 0.5) is 10.5 Å². The highest BCUT2D eigenvalue weighted by atomic mass is 35.5. The van der Waals surface area contributed by atoms with Gasteiger partial charge >= 0.3 is 6.03 Å². The lowest BCUT2D eigenvalue weighted by atomic mass is 10.1. The number of carbonyl (C=O) groups excluding carboxylic acids is 2. The number of aliphatic hydroxyl groups is 1. The molecule has 3 rings (SSSR count). The first-order chi connectivity index (χ1) is 11.5. The van der Waals surface area contributed by atoms with Crippen molar-refractivity contribution in [1.29, 1.82) is 0 Å². The van der Waals surface area contributed by atoms with Gasteiger partial charge in [-0.2, -0.15) is 0 Å². The molecule has 2 aromatic rings. The molecule has 0 spiro atoms. The number of amides is 2. The summed E-state index contributed by atoms with van der Waals surface area (Å²) in [4.78, 5) is 29.4. The van der Waals surface area contributed by atoms with Crippen molar-refractivity contribution in [3.05, 3.63) is 52.8 Å².